The molecule has 0 aliphatic rings. The van der Waals surface area contributed by atoms with Crippen LogP contribution in [0.4, 0.5) is 24.5 Å². The van der Waals surface area contributed by atoms with Gasteiger partial charge < -0.3 is 10.1 Å². The molecule has 0 saturated heterocycles. The number of halogens is 4. The number of rotatable bonds is 6. The summed E-state index contributed by atoms with van der Waals surface area (Å²) in [6.07, 6.45) is -3.88. The molecule has 0 heterocycles. The van der Waals surface area contributed by atoms with Crippen LogP contribution in [0.25, 0.3) is 0 Å². The zero-order valence-corrected chi connectivity index (χ0v) is 17.2. The highest BCUT2D eigenvalue weighted by Crippen LogP contribution is 2.28. The molecule has 2 rings (SSSR count). The molecule has 0 aliphatic carbocycles. The number of anilines is 2. The van der Waals surface area contributed by atoms with E-state index in [-0.39, 0.29) is 11.4 Å². The molecule has 0 unspecified atom stereocenters. The molecule has 1 amide bonds. The second-order valence-electron chi connectivity index (χ2n) is 6.23. The fourth-order valence-electron chi connectivity index (χ4n) is 2.51. The Morgan fingerprint density at radius 1 is 1.17 bits per heavy atom. The number of nitrogens with one attached hydrogen (secondary N) is 1. The predicted octanol–water partition coefficient (Wildman–Crippen LogP) is 4.34. The van der Waals surface area contributed by atoms with E-state index in [2.05, 4.69) is 10.1 Å². The lowest BCUT2D eigenvalue weighted by atomic mass is 10.2. The fraction of sp³-hybridized carbons (Fsp3) is 0.278. The van der Waals surface area contributed by atoms with Crippen molar-refractivity contribution in [1.82, 2.24) is 0 Å². The van der Waals surface area contributed by atoms with Gasteiger partial charge in [0.2, 0.25) is 15.9 Å². The number of ether oxygens (including phenoxy) is 1. The Labute approximate surface area is 171 Å². The van der Waals surface area contributed by atoms with Crippen LogP contribution in [0, 0.1) is 6.92 Å². The number of hydrogen-bond donors (Lipinski definition) is 1. The lowest BCUT2D eigenvalue weighted by Crippen LogP contribution is -2.45. The highest BCUT2D eigenvalue weighted by molar-refractivity contribution is 7.92. The molecule has 0 spiro atoms. The van der Waals surface area contributed by atoms with Crippen molar-refractivity contribution < 1.29 is 31.1 Å². The zero-order valence-electron chi connectivity index (χ0n) is 15.6. The summed E-state index contributed by atoms with van der Waals surface area (Å²) in [6.45, 7) is 3.13. The summed E-state index contributed by atoms with van der Waals surface area (Å²) in [7, 11) is -3.84. The van der Waals surface area contributed by atoms with Crippen molar-refractivity contribution in [2.24, 2.45) is 0 Å². The molecule has 158 valence electrons. The Morgan fingerprint density at radius 3 is 2.24 bits per heavy atom. The molecule has 0 radical (unpaired) electrons. The molecule has 0 bridgehead atoms. The molecular formula is C18H18ClF3N2O4S. The zero-order chi connectivity index (χ0) is 22.0. The van der Waals surface area contributed by atoms with Gasteiger partial charge in [-0.25, -0.2) is 8.42 Å². The first-order valence-electron chi connectivity index (χ1n) is 8.20. The number of sulfonamides is 1. The molecule has 0 saturated carbocycles. The molecule has 1 N–H and O–H groups in total. The van der Waals surface area contributed by atoms with Gasteiger partial charge in [0.25, 0.3) is 0 Å². The third-order valence-corrected chi connectivity index (χ3v) is 5.50. The molecule has 0 fully saturated rings. The Hall–Kier alpha value is -2.46. The molecule has 29 heavy (non-hydrogen) atoms. The van der Waals surface area contributed by atoms with Gasteiger partial charge in [0.15, 0.2) is 0 Å². The van der Waals surface area contributed by atoms with Gasteiger partial charge in [-0.2, -0.15) is 0 Å². The smallest absolute Gasteiger partial charge is 0.406 e. The van der Waals surface area contributed by atoms with Crippen LogP contribution >= 0.6 is 11.6 Å². The number of aryl methyl sites for hydroxylation is 1. The van der Waals surface area contributed by atoms with E-state index in [0.29, 0.717) is 5.02 Å². The van der Waals surface area contributed by atoms with Gasteiger partial charge in [0, 0.05) is 10.7 Å². The van der Waals surface area contributed by atoms with E-state index in [0.717, 1.165) is 28.3 Å². The minimum absolute atomic E-state index is 0.173. The molecule has 2 aromatic carbocycles. The first kappa shape index (κ1) is 22.8. The Morgan fingerprint density at radius 2 is 1.76 bits per heavy atom. The van der Waals surface area contributed by atoms with Crippen LogP contribution in [0.1, 0.15) is 12.5 Å². The van der Waals surface area contributed by atoms with Crippen molar-refractivity contribution >= 4 is 38.9 Å². The maximum Gasteiger partial charge on any atom is 0.573 e. The summed E-state index contributed by atoms with van der Waals surface area (Å²) in [5.41, 5.74) is 1.12. The normalized spacial score (nSPS) is 12.9. The Balaban J connectivity index is 2.22. The van der Waals surface area contributed by atoms with E-state index in [1.165, 1.54) is 31.2 Å². The Bertz CT molecular complexity index is 995. The number of alkyl halides is 3. The van der Waals surface area contributed by atoms with Gasteiger partial charge in [0.1, 0.15) is 11.8 Å². The number of amides is 1. The third-order valence-electron chi connectivity index (χ3n) is 3.85. The van der Waals surface area contributed by atoms with Crippen LogP contribution in [0.3, 0.4) is 0 Å². The van der Waals surface area contributed by atoms with Crippen LogP contribution in [0.2, 0.25) is 5.02 Å². The van der Waals surface area contributed by atoms with Crippen LogP contribution in [0.5, 0.6) is 5.75 Å². The van der Waals surface area contributed by atoms with Gasteiger partial charge in [-0.3, -0.25) is 9.10 Å². The molecular weight excluding hydrogens is 433 g/mol. The van der Waals surface area contributed by atoms with Crippen molar-refractivity contribution in [2.45, 2.75) is 26.3 Å². The van der Waals surface area contributed by atoms with Gasteiger partial charge >= 0.3 is 6.36 Å². The molecule has 0 aliphatic heterocycles. The highest BCUT2D eigenvalue weighted by atomic mass is 35.5. The van der Waals surface area contributed by atoms with Crippen molar-refractivity contribution in [3.63, 3.8) is 0 Å². The summed E-state index contributed by atoms with van der Waals surface area (Å²) in [5, 5.41) is 2.80. The SMILES string of the molecule is Cc1ccc(N([C@@H](C)C(=O)Nc2ccc(OC(F)(F)F)cc2)S(C)(=O)=O)cc1Cl. The van der Waals surface area contributed by atoms with Crippen LogP contribution in [0.15, 0.2) is 42.5 Å². The first-order valence-corrected chi connectivity index (χ1v) is 10.4. The van der Waals surface area contributed by atoms with Gasteiger partial charge in [-0.1, -0.05) is 17.7 Å². The average Bonchev–Trinajstić information content (AvgIpc) is 2.57. The van der Waals surface area contributed by atoms with Gasteiger partial charge in [0.05, 0.1) is 11.9 Å². The molecule has 0 aromatic heterocycles. The van der Waals surface area contributed by atoms with Crippen LogP contribution in [-0.4, -0.2) is 33.0 Å². The molecule has 2 aromatic rings. The summed E-state index contributed by atoms with van der Waals surface area (Å²) < 4.78 is 65.9. The largest absolute Gasteiger partial charge is 0.573 e. The van der Waals surface area contributed by atoms with E-state index < -0.39 is 34.1 Å². The highest BCUT2D eigenvalue weighted by Gasteiger charge is 2.31. The van der Waals surface area contributed by atoms with Crippen LogP contribution in [-0.2, 0) is 14.8 Å². The predicted molar refractivity (Wildman–Crippen MR) is 105 cm³/mol. The number of hydrogen-bond acceptors (Lipinski definition) is 4. The molecule has 11 heteroatoms. The average molecular weight is 451 g/mol. The topological polar surface area (TPSA) is 75.7 Å². The lowest BCUT2D eigenvalue weighted by Gasteiger charge is -2.28. The maximum atomic E-state index is 12.6. The number of carbonyl (C=O) groups excluding carboxylic acids is 1. The minimum Gasteiger partial charge on any atom is -0.406 e. The monoisotopic (exact) mass is 450 g/mol. The number of benzene rings is 2. The van der Waals surface area contributed by atoms with Gasteiger partial charge in [-0.05, 0) is 55.8 Å². The Kier molecular flexibility index (Phi) is 6.69. The van der Waals surface area contributed by atoms with E-state index in [1.54, 1.807) is 13.0 Å². The van der Waals surface area contributed by atoms with Crippen molar-refractivity contribution in [2.75, 3.05) is 15.9 Å². The van der Waals surface area contributed by atoms with E-state index in [9.17, 15) is 26.4 Å². The quantitative estimate of drug-likeness (QED) is 0.710. The second kappa shape index (κ2) is 8.50. The minimum atomic E-state index is -4.83. The van der Waals surface area contributed by atoms with Gasteiger partial charge in [-0.15, -0.1) is 13.2 Å². The number of nitrogens with zero attached hydrogens (tertiary/aromatic N) is 1. The van der Waals surface area contributed by atoms with Crippen molar-refractivity contribution in [3.8, 4) is 5.75 Å². The maximum absolute atomic E-state index is 12.6. The first-order chi connectivity index (χ1) is 13.3. The van der Waals surface area contributed by atoms with Crippen molar-refractivity contribution in [3.05, 3.63) is 53.1 Å². The van der Waals surface area contributed by atoms with E-state index in [1.807, 2.05) is 0 Å². The van der Waals surface area contributed by atoms with E-state index >= 15 is 0 Å². The molecule has 1 atom stereocenters. The summed E-state index contributed by atoms with van der Waals surface area (Å²) >= 11 is 6.07. The van der Waals surface area contributed by atoms with Crippen molar-refractivity contribution in [1.29, 1.82) is 0 Å². The second-order valence-corrected chi connectivity index (χ2v) is 8.50. The van der Waals surface area contributed by atoms with Crippen LogP contribution < -0.4 is 14.4 Å². The number of carbonyl (C=O) groups is 1. The summed E-state index contributed by atoms with van der Waals surface area (Å²) in [4.78, 5) is 12.6. The fourth-order valence-corrected chi connectivity index (χ4v) is 3.86. The summed E-state index contributed by atoms with van der Waals surface area (Å²) in [5.74, 6) is -1.13. The summed E-state index contributed by atoms with van der Waals surface area (Å²) in [6, 6.07) is 7.90. The lowest BCUT2D eigenvalue weighted by molar-refractivity contribution is -0.274. The van der Waals surface area contributed by atoms with E-state index in [4.69, 9.17) is 11.6 Å². The molecule has 6 nitrogen and oxygen atoms in total. The standard InChI is InChI=1S/C18H18ClF3N2O4S/c1-11-4-7-14(10-16(11)19)24(29(3,26)27)12(2)17(25)23-13-5-8-15(9-6-13)28-18(20,21)22/h4-10,12H,1-3H3,(H,23,25)/t12-/m0/s1. The third kappa shape index (κ3) is 6.26.